The smallest absolute Gasteiger partial charge is 0.341 e. The molecule has 6 rings (SSSR count). The summed E-state index contributed by atoms with van der Waals surface area (Å²) in [7, 11) is 4.00. The Labute approximate surface area is 572 Å². The van der Waals surface area contributed by atoms with Crippen LogP contribution in [0.2, 0.25) is 0 Å². The summed E-state index contributed by atoms with van der Waals surface area (Å²) in [5.74, 6) is -7.82. The lowest BCUT2D eigenvalue weighted by molar-refractivity contribution is -0.139. The first-order valence-corrected chi connectivity index (χ1v) is 32.6. The molecule has 0 bridgehead atoms. The van der Waals surface area contributed by atoms with E-state index in [1.54, 1.807) is 6.20 Å². The number of hydrogen-bond acceptors (Lipinski definition) is 19. The number of benzene rings is 5. The van der Waals surface area contributed by atoms with E-state index >= 15 is 0 Å². The number of amides is 9. The van der Waals surface area contributed by atoms with Crippen LogP contribution < -0.4 is 95.9 Å². The molecule has 1 aromatic heterocycles. The summed E-state index contributed by atoms with van der Waals surface area (Å²) in [6.45, 7) is 0.416. The highest BCUT2D eigenvalue weighted by atomic mass is 16.5. The van der Waals surface area contributed by atoms with Crippen LogP contribution in [0, 0.1) is 0 Å². The molecular weight excluding hydrogens is 1280 g/mol. The van der Waals surface area contributed by atoms with E-state index < -0.39 is 96.0 Å². The van der Waals surface area contributed by atoms with E-state index in [-0.39, 0.29) is 113 Å². The van der Waals surface area contributed by atoms with Crippen LogP contribution in [-0.2, 0) is 35.2 Å². The number of aliphatic carboxylic acids is 1. The lowest BCUT2D eigenvalue weighted by Gasteiger charge is -2.22. The number of nitrogens with two attached hydrogens (primary N) is 6. The van der Waals surface area contributed by atoms with E-state index in [1.807, 2.05) is 24.3 Å². The van der Waals surface area contributed by atoms with Crippen molar-refractivity contribution in [1.29, 1.82) is 0 Å². The van der Waals surface area contributed by atoms with Crippen LogP contribution in [0.1, 0.15) is 130 Å². The zero-order chi connectivity index (χ0) is 72.0. The Kier molecular flexibility index (Phi) is 30.9. The molecule has 30 heteroatoms. The number of aromatic nitrogens is 1. The fraction of sp³-hybridized carbons (Fsp3) is 0.391. The van der Waals surface area contributed by atoms with Gasteiger partial charge in [0.2, 0.25) is 29.5 Å². The summed E-state index contributed by atoms with van der Waals surface area (Å²) in [6.07, 6.45) is 6.92. The minimum Gasteiger partial charge on any atom is -0.496 e. The standard InChI is InChI=1S/C69H91N15O15/c1-96-56-25-21-41(34-46(56)61(75)87)77-67(93)54(19-9-13-31-72)83-64(90)49-37-44(24-28-59(49)99-39-60(85)86)80-66(92)52(17-5-4-11-29-70)81-62(88)47-35-42(22-26-57(47)97-2)78-68(94)53(18-8-12-30-71)82-63(89)48-36-43(23-27-58(48)98-3)79-69(95)55(20-10-14-32-73)84-65(91)50(74)33-40-38-76-51-16-7-6-15-45(40)51/h6-7,15-16,21-28,34-38,50,52-55,76H,4-5,8-14,17-20,29-33,39,70-74H2,1-3H3,(H2,75,87)(H,77,93)(H,78,94)(H,79,95)(H,80,92)(H,81,88)(H,82,89)(H,83,90)(H,84,91)(H,85,86)/t50-,52-,53-,54-,55-/m0/s1. The molecule has 9 amide bonds. The number of para-hydroxylation sites is 1. The maximum absolute atomic E-state index is 14.5. The number of fused-ring (bicyclic) bond motifs is 1. The molecule has 0 aliphatic rings. The maximum atomic E-state index is 14.5. The topological polar surface area (TPSA) is 496 Å². The van der Waals surface area contributed by atoms with Gasteiger partial charge in [-0.2, -0.15) is 0 Å². The van der Waals surface area contributed by atoms with Gasteiger partial charge >= 0.3 is 5.97 Å². The summed E-state index contributed by atoms with van der Waals surface area (Å²) < 4.78 is 21.8. The van der Waals surface area contributed by atoms with Crippen LogP contribution in [-0.4, -0.2) is 154 Å². The number of anilines is 4. The van der Waals surface area contributed by atoms with Gasteiger partial charge in [-0.3, -0.25) is 43.2 Å². The second-order valence-corrected chi connectivity index (χ2v) is 23.3. The fourth-order valence-electron chi connectivity index (χ4n) is 10.7. The fourth-order valence-corrected chi connectivity index (χ4v) is 10.7. The second kappa shape index (κ2) is 39.5. The van der Waals surface area contributed by atoms with E-state index in [9.17, 15) is 53.1 Å². The molecule has 30 nitrogen and oxygen atoms in total. The third-order valence-corrected chi connectivity index (χ3v) is 16.0. The van der Waals surface area contributed by atoms with E-state index in [2.05, 4.69) is 47.5 Å². The van der Waals surface area contributed by atoms with Crippen molar-refractivity contribution in [3.05, 3.63) is 131 Å². The third-order valence-electron chi connectivity index (χ3n) is 16.0. The average molecular weight is 1370 g/mol. The van der Waals surface area contributed by atoms with Crippen molar-refractivity contribution in [2.24, 2.45) is 34.4 Å². The first-order chi connectivity index (χ1) is 47.6. The molecule has 0 saturated carbocycles. The molecule has 22 N–H and O–H groups in total. The van der Waals surface area contributed by atoms with Crippen molar-refractivity contribution < 1.29 is 72.0 Å². The number of primary amides is 1. The molecule has 0 radical (unpaired) electrons. The highest BCUT2D eigenvalue weighted by Gasteiger charge is 2.30. The number of H-pyrrole nitrogens is 1. The van der Waals surface area contributed by atoms with Gasteiger partial charge in [0.15, 0.2) is 6.61 Å². The van der Waals surface area contributed by atoms with E-state index in [1.165, 1.54) is 94.1 Å². The third kappa shape index (κ3) is 23.3. The SMILES string of the molecule is COc1ccc(NC(=O)[C@H](CCCCN)NC(=O)c2cc(NC(=O)[C@H](CCCCCN)NC(=O)c3cc(NC(=O)[C@H](CCCCN)NC(=O)c4cc(NC(=O)[C@H](CCCCN)NC(=O)[C@@H](N)Cc5c[nH]c6ccccc56)ccc4OC)ccc3OC)ccc2OCC(=O)O)cc1C(N)=O. The Morgan fingerprint density at radius 2 is 0.798 bits per heavy atom. The predicted octanol–water partition coefficient (Wildman–Crippen LogP) is 3.87. The van der Waals surface area contributed by atoms with Crippen molar-refractivity contribution in [1.82, 2.24) is 26.3 Å². The summed E-state index contributed by atoms with van der Waals surface area (Å²) in [5.41, 5.74) is 36.8. The van der Waals surface area contributed by atoms with Gasteiger partial charge in [0.25, 0.3) is 23.6 Å². The van der Waals surface area contributed by atoms with Crippen LogP contribution in [0.4, 0.5) is 22.7 Å². The number of hydrogen-bond donors (Lipinski definition) is 16. The Bertz CT molecular complexity index is 3790. The molecule has 0 unspecified atom stereocenters. The van der Waals surface area contributed by atoms with Crippen molar-refractivity contribution in [3.63, 3.8) is 0 Å². The monoisotopic (exact) mass is 1370 g/mol. The molecule has 6 aromatic rings. The number of carboxylic acids is 1. The Morgan fingerprint density at radius 1 is 0.444 bits per heavy atom. The van der Waals surface area contributed by atoms with Gasteiger partial charge in [0.1, 0.15) is 47.2 Å². The number of methoxy groups -OCH3 is 3. The van der Waals surface area contributed by atoms with Crippen molar-refractivity contribution >= 4 is 92.8 Å². The molecule has 0 spiro atoms. The number of unbranched alkanes of at least 4 members (excludes halogenated alkanes) is 5. The van der Waals surface area contributed by atoms with Gasteiger partial charge in [-0.1, -0.05) is 31.0 Å². The minimum atomic E-state index is -1.37. The summed E-state index contributed by atoms with van der Waals surface area (Å²) in [4.78, 5) is 140. The van der Waals surface area contributed by atoms with E-state index in [0.717, 1.165) is 16.5 Å². The predicted molar refractivity (Wildman–Crippen MR) is 374 cm³/mol. The summed E-state index contributed by atoms with van der Waals surface area (Å²) in [6, 6.07) is 18.5. The molecule has 99 heavy (non-hydrogen) atoms. The van der Waals surface area contributed by atoms with Crippen LogP contribution in [0.3, 0.4) is 0 Å². The van der Waals surface area contributed by atoms with Crippen LogP contribution in [0.15, 0.2) is 103 Å². The first-order valence-electron chi connectivity index (χ1n) is 32.6. The van der Waals surface area contributed by atoms with Crippen LogP contribution in [0.25, 0.3) is 10.9 Å². The maximum Gasteiger partial charge on any atom is 0.341 e. The molecule has 5 aromatic carbocycles. The van der Waals surface area contributed by atoms with E-state index in [4.69, 9.17) is 53.3 Å². The number of carbonyl (C=O) groups is 10. The molecule has 0 saturated heterocycles. The number of nitrogens with one attached hydrogen (secondary N) is 9. The Morgan fingerprint density at radius 3 is 1.19 bits per heavy atom. The average Bonchev–Trinajstić information content (AvgIpc) is 0.902. The van der Waals surface area contributed by atoms with Crippen LogP contribution in [0.5, 0.6) is 23.0 Å². The van der Waals surface area contributed by atoms with Gasteiger partial charge < -0.3 is 106 Å². The summed E-state index contributed by atoms with van der Waals surface area (Å²) in [5, 5.41) is 32.4. The Balaban J connectivity index is 1.19. The zero-order valence-corrected chi connectivity index (χ0v) is 55.8. The van der Waals surface area contributed by atoms with Gasteiger partial charge in [0, 0.05) is 39.8 Å². The highest BCUT2D eigenvalue weighted by molar-refractivity contribution is 6.08. The quantitative estimate of drug-likeness (QED) is 0.0242. The molecule has 0 fully saturated rings. The largest absolute Gasteiger partial charge is 0.496 e. The molecule has 0 aliphatic heterocycles. The molecule has 532 valence electrons. The van der Waals surface area contributed by atoms with Gasteiger partial charge in [-0.15, -0.1) is 0 Å². The highest BCUT2D eigenvalue weighted by Crippen LogP contribution is 2.29. The molecule has 0 aliphatic carbocycles. The zero-order valence-electron chi connectivity index (χ0n) is 55.8. The van der Waals surface area contributed by atoms with E-state index in [0.29, 0.717) is 70.9 Å². The lowest BCUT2D eigenvalue weighted by Crippen LogP contribution is -2.50. The van der Waals surface area contributed by atoms with Crippen molar-refractivity contribution in [2.75, 3.05) is 75.4 Å². The molecular formula is C69H91N15O15. The second-order valence-electron chi connectivity index (χ2n) is 23.3. The van der Waals surface area contributed by atoms with Gasteiger partial charge in [-0.05, 0) is 188 Å². The number of aromatic amines is 1. The van der Waals surface area contributed by atoms with Crippen molar-refractivity contribution in [2.45, 2.75) is 120 Å². The normalized spacial score (nSPS) is 12.5. The van der Waals surface area contributed by atoms with Crippen LogP contribution >= 0.6 is 0 Å². The first kappa shape index (κ1) is 77.3. The number of carbonyl (C=O) groups excluding carboxylic acids is 9. The number of carboxylic acid groups (broad SMARTS) is 1. The Hall–Kier alpha value is -10.7. The van der Waals surface area contributed by atoms with Gasteiger partial charge in [0.05, 0.1) is 49.6 Å². The molecule has 1 heterocycles. The van der Waals surface area contributed by atoms with Crippen molar-refractivity contribution in [3.8, 4) is 23.0 Å². The minimum absolute atomic E-state index is 0.00364. The summed E-state index contributed by atoms with van der Waals surface area (Å²) >= 11 is 0. The lowest BCUT2D eigenvalue weighted by atomic mass is 10.0. The number of rotatable bonds is 42. The molecule has 5 atom stereocenters. The van der Waals surface area contributed by atoms with Gasteiger partial charge in [-0.25, -0.2) is 4.79 Å². The number of ether oxygens (including phenoxy) is 4.